The summed E-state index contributed by atoms with van der Waals surface area (Å²) in [6, 6.07) is 10.7. The first-order valence-electron chi connectivity index (χ1n) is 6.24. The third kappa shape index (κ3) is 4.17. The molecule has 0 aliphatic heterocycles. The van der Waals surface area contributed by atoms with Gasteiger partial charge >= 0.3 is 0 Å². The number of benzene rings is 2. The Hall–Kier alpha value is -2.63. The van der Waals surface area contributed by atoms with Crippen molar-refractivity contribution in [1.29, 1.82) is 0 Å². The molecule has 2 aromatic rings. The molecule has 1 amide bonds. The Balaban J connectivity index is 1.94. The van der Waals surface area contributed by atoms with Crippen molar-refractivity contribution < 1.29 is 18.3 Å². The lowest BCUT2D eigenvalue weighted by Gasteiger charge is -2.09. The van der Waals surface area contributed by atoms with Crippen molar-refractivity contribution in [2.75, 3.05) is 11.9 Å². The molecule has 0 heterocycles. The van der Waals surface area contributed by atoms with Crippen molar-refractivity contribution in [3.63, 3.8) is 0 Å². The van der Waals surface area contributed by atoms with Gasteiger partial charge in [-0.1, -0.05) is 12.1 Å². The number of hydrogen-bond acceptors (Lipinski definition) is 3. The normalized spacial score (nSPS) is 10.2. The van der Waals surface area contributed by atoms with E-state index in [2.05, 4.69) is 5.32 Å². The Morgan fingerprint density at radius 3 is 2.52 bits per heavy atom. The van der Waals surface area contributed by atoms with E-state index in [1.807, 2.05) is 0 Å². The van der Waals surface area contributed by atoms with Gasteiger partial charge in [-0.3, -0.25) is 4.79 Å². The van der Waals surface area contributed by atoms with Crippen molar-refractivity contribution in [3.8, 4) is 5.75 Å². The van der Waals surface area contributed by atoms with Gasteiger partial charge in [0.2, 0.25) is 0 Å². The molecule has 0 spiro atoms. The van der Waals surface area contributed by atoms with Gasteiger partial charge in [0.25, 0.3) is 5.91 Å². The minimum Gasteiger partial charge on any atom is -0.484 e. The van der Waals surface area contributed by atoms with Crippen LogP contribution in [0.15, 0.2) is 42.5 Å². The largest absolute Gasteiger partial charge is 0.484 e. The van der Waals surface area contributed by atoms with E-state index in [0.717, 1.165) is 6.07 Å². The van der Waals surface area contributed by atoms with E-state index in [4.69, 9.17) is 10.5 Å². The average Bonchev–Trinajstić information content (AvgIpc) is 2.48. The number of primary amides is 1. The molecule has 0 fully saturated rings. The highest BCUT2D eigenvalue weighted by atomic mass is 19.2. The zero-order valence-electron chi connectivity index (χ0n) is 11.1. The van der Waals surface area contributed by atoms with E-state index >= 15 is 0 Å². The molecule has 2 rings (SSSR count). The van der Waals surface area contributed by atoms with E-state index < -0.39 is 17.5 Å². The third-order valence-electron chi connectivity index (χ3n) is 2.75. The van der Waals surface area contributed by atoms with Crippen molar-refractivity contribution >= 4 is 11.6 Å². The number of hydrogen-bond donors (Lipinski definition) is 2. The number of anilines is 1. The maximum Gasteiger partial charge on any atom is 0.255 e. The van der Waals surface area contributed by atoms with Crippen LogP contribution in [0.5, 0.6) is 5.75 Å². The highest BCUT2D eigenvalue weighted by Gasteiger charge is 2.07. The SMILES string of the molecule is NC(=O)COc1ccc(NCc2cccc(F)c2F)cc1. The Morgan fingerprint density at radius 1 is 1.14 bits per heavy atom. The standard InChI is InChI=1S/C15H14F2N2O2/c16-13-3-1-2-10(15(13)17)8-19-11-4-6-12(7-5-11)21-9-14(18)20/h1-7,19H,8-9H2,(H2,18,20). The molecule has 0 aromatic heterocycles. The zero-order valence-corrected chi connectivity index (χ0v) is 11.1. The monoisotopic (exact) mass is 292 g/mol. The fourth-order valence-electron chi connectivity index (χ4n) is 1.71. The molecule has 4 nitrogen and oxygen atoms in total. The lowest BCUT2D eigenvalue weighted by atomic mass is 10.2. The molecule has 6 heteroatoms. The molecule has 110 valence electrons. The molecule has 0 aliphatic rings. The zero-order chi connectivity index (χ0) is 15.2. The molecular weight excluding hydrogens is 278 g/mol. The van der Waals surface area contributed by atoms with Crippen LogP contribution in [0.25, 0.3) is 0 Å². The minimum absolute atomic E-state index is 0.158. The highest BCUT2D eigenvalue weighted by Crippen LogP contribution is 2.17. The lowest BCUT2D eigenvalue weighted by molar-refractivity contribution is -0.119. The number of nitrogens with two attached hydrogens (primary N) is 1. The van der Waals surface area contributed by atoms with Crippen LogP contribution in [0.1, 0.15) is 5.56 Å². The quantitative estimate of drug-likeness (QED) is 0.859. The van der Waals surface area contributed by atoms with E-state index in [9.17, 15) is 13.6 Å². The molecule has 0 aliphatic carbocycles. The average molecular weight is 292 g/mol. The second-order valence-corrected chi connectivity index (χ2v) is 4.35. The van der Waals surface area contributed by atoms with Gasteiger partial charge in [0.05, 0.1) is 0 Å². The van der Waals surface area contributed by atoms with E-state index in [0.29, 0.717) is 11.4 Å². The summed E-state index contributed by atoms with van der Waals surface area (Å²) in [5.74, 6) is -1.79. The molecule has 2 aromatic carbocycles. The van der Waals surface area contributed by atoms with Crippen LogP contribution in [0.4, 0.5) is 14.5 Å². The lowest BCUT2D eigenvalue weighted by Crippen LogP contribution is -2.19. The summed E-state index contributed by atoms with van der Waals surface area (Å²) in [6.07, 6.45) is 0. The van der Waals surface area contributed by atoms with Gasteiger partial charge in [-0.25, -0.2) is 8.78 Å². The Labute approximate surface area is 120 Å². The second kappa shape index (κ2) is 6.69. The van der Waals surface area contributed by atoms with Crippen molar-refractivity contribution in [2.45, 2.75) is 6.54 Å². The molecule has 0 unspecified atom stereocenters. The summed E-state index contributed by atoms with van der Waals surface area (Å²) in [4.78, 5) is 10.6. The Morgan fingerprint density at radius 2 is 1.86 bits per heavy atom. The summed E-state index contributed by atoms with van der Waals surface area (Å²) < 4.78 is 31.6. The molecule has 0 atom stereocenters. The predicted molar refractivity (Wildman–Crippen MR) is 74.8 cm³/mol. The van der Waals surface area contributed by atoms with Crippen LogP contribution in [0.3, 0.4) is 0 Å². The first-order valence-corrected chi connectivity index (χ1v) is 6.24. The van der Waals surface area contributed by atoms with Crippen LogP contribution in [0.2, 0.25) is 0 Å². The van der Waals surface area contributed by atoms with Crippen molar-refractivity contribution in [2.24, 2.45) is 5.73 Å². The van der Waals surface area contributed by atoms with Crippen molar-refractivity contribution in [3.05, 3.63) is 59.7 Å². The molecule has 21 heavy (non-hydrogen) atoms. The topological polar surface area (TPSA) is 64.4 Å². The van der Waals surface area contributed by atoms with Crippen LogP contribution < -0.4 is 15.8 Å². The first kappa shape index (κ1) is 14.8. The van der Waals surface area contributed by atoms with Gasteiger partial charge in [0.1, 0.15) is 5.75 Å². The maximum absolute atomic E-state index is 13.5. The number of amides is 1. The van der Waals surface area contributed by atoms with Gasteiger partial charge in [-0.2, -0.15) is 0 Å². The van der Waals surface area contributed by atoms with E-state index in [1.165, 1.54) is 12.1 Å². The number of halogens is 2. The fourth-order valence-corrected chi connectivity index (χ4v) is 1.71. The molecule has 3 N–H and O–H groups in total. The van der Waals surface area contributed by atoms with Crippen LogP contribution in [0, 0.1) is 11.6 Å². The number of rotatable bonds is 6. The molecular formula is C15H14F2N2O2. The molecule has 0 radical (unpaired) electrons. The first-order chi connectivity index (χ1) is 10.1. The Kier molecular flexibility index (Phi) is 4.71. The van der Waals surface area contributed by atoms with Gasteiger partial charge in [0, 0.05) is 17.8 Å². The van der Waals surface area contributed by atoms with Crippen LogP contribution in [-0.4, -0.2) is 12.5 Å². The van der Waals surface area contributed by atoms with Crippen LogP contribution >= 0.6 is 0 Å². The van der Waals surface area contributed by atoms with E-state index in [-0.39, 0.29) is 18.7 Å². The van der Waals surface area contributed by atoms with Gasteiger partial charge < -0.3 is 15.8 Å². The van der Waals surface area contributed by atoms with Gasteiger partial charge in [-0.05, 0) is 30.3 Å². The van der Waals surface area contributed by atoms with E-state index in [1.54, 1.807) is 24.3 Å². The molecule has 0 saturated carbocycles. The smallest absolute Gasteiger partial charge is 0.255 e. The maximum atomic E-state index is 13.5. The van der Waals surface area contributed by atoms with Crippen molar-refractivity contribution in [1.82, 2.24) is 0 Å². The number of carbonyl (C=O) groups excluding carboxylic acids is 1. The summed E-state index contributed by atoms with van der Waals surface area (Å²) in [7, 11) is 0. The highest BCUT2D eigenvalue weighted by molar-refractivity contribution is 5.75. The second-order valence-electron chi connectivity index (χ2n) is 4.35. The molecule has 0 saturated heterocycles. The van der Waals surface area contributed by atoms with Crippen LogP contribution in [-0.2, 0) is 11.3 Å². The molecule has 0 bridgehead atoms. The summed E-state index contributed by atoms with van der Waals surface area (Å²) in [6.45, 7) is -0.0354. The predicted octanol–water partition coefficient (Wildman–Crippen LogP) is 2.44. The van der Waals surface area contributed by atoms with Gasteiger partial charge in [-0.15, -0.1) is 0 Å². The summed E-state index contributed by atoms with van der Waals surface area (Å²) >= 11 is 0. The van der Waals surface area contributed by atoms with Gasteiger partial charge in [0.15, 0.2) is 18.2 Å². The number of carbonyl (C=O) groups is 1. The fraction of sp³-hybridized carbons (Fsp3) is 0.133. The third-order valence-corrected chi connectivity index (χ3v) is 2.75. The number of nitrogens with one attached hydrogen (secondary N) is 1. The summed E-state index contributed by atoms with van der Waals surface area (Å²) in [5, 5.41) is 2.97. The Bertz CT molecular complexity index is 630. The number of ether oxygens (including phenoxy) is 1. The minimum atomic E-state index is -0.871. The summed E-state index contributed by atoms with van der Waals surface area (Å²) in [5.41, 5.74) is 5.92.